The second-order valence-electron chi connectivity index (χ2n) is 6.36. The Bertz CT molecular complexity index is 878. The van der Waals surface area contributed by atoms with Gasteiger partial charge in [-0.3, -0.25) is 4.79 Å². The van der Waals surface area contributed by atoms with Crippen molar-refractivity contribution in [2.45, 2.75) is 19.8 Å². The van der Waals surface area contributed by atoms with E-state index in [1.54, 1.807) is 36.5 Å². The predicted octanol–water partition coefficient (Wildman–Crippen LogP) is 5.01. The summed E-state index contributed by atoms with van der Waals surface area (Å²) in [6.07, 6.45) is 1.67. The third-order valence-corrected chi connectivity index (χ3v) is 3.89. The highest BCUT2D eigenvalue weighted by Gasteiger charge is 2.06. The molecule has 0 atom stereocenters. The van der Waals surface area contributed by atoms with E-state index in [4.69, 9.17) is 9.47 Å². The average molecular weight is 362 g/mol. The fourth-order valence-electron chi connectivity index (χ4n) is 2.45. The summed E-state index contributed by atoms with van der Waals surface area (Å²) in [5, 5.41) is 2.85. The number of hydrogen-bond donors (Lipinski definition) is 1. The van der Waals surface area contributed by atoms with Crippen molar-refractivity contribution in [3.05, 3.63) is 78.5 Å². The lowest BCUT2D eigenvalue weighted by Crippen LogP contribution is -2.20. The van der Waals surface area contributed by atoms with Gasteiger partial charge in [-0.1, -0.05) is 32.0 Å². The summed E-state index contributed by atoms with van der Waals surface area (Å²) in [7, 11) is 0. The van der Waals surface area contributed by atoms with Gasteiger partial charge in [-0.2, -0.15) is 0 Å². The third kappa shape index (κ3) is 5.57. The molecule has 27 heavy (non-hydrogen) atoms. The van der Waals surface area contributed by atoms with Crippen LogP contribution in [0.1, 0.15) is 25.3 Å². The van der Waals surface area contributed by atoms with Crippen LogP contribution in [-0.2, 0) is 4.79 Å². The maximum absolute atomic E-state index is 12.1. The number of nitrogens with zero attached hydrogens (tertiary/aromatic N) is 1. The zero-order valence-corrected chi connectivity index (χ0v) is 15.4. The van der Waals surface area contributed by atoms with Crippen LogP contribution in [0.3, 0.4) is 0 Å². The SMILES string of the molecule is CC(C)c1cccc(NC(=O)COc2ccc(Oc3ccccn3)cc2)c1. The summed E-state index contributed by atoms with van der Waals surface area (Å²) in [4.78, 5) is 16.2. The molecule has 0 aliphatic rings. The van der Waals surface area contributed by atoms with Crippen molar-refractivity contribution in [1.29, 1.82) is 0 Å². The summed E-state index contributed by atoms with van der Waals surface area (Å²) in [6.45, 7) is 4.17. The zero-order chi connectivity index (χ0) is 19.1. The first kappa shape index (κ1) is 18.5. The molecule has 0 aliphatic carbocycles. The Kier molecular flexibility index (Phi) is 6.05. The van der Waals surface area contributed by atoms with Crippen LogP contribution in [-0.4, -0.2) is 17.5 Å². The van der Waals surface area contributed by atoms with E-state index in [0.29, 0.717) is 23.3 Å². The Morgan fingerprint density at radius 2 is 1.78 bits per heavy atom. The molecule has 5 heteroatoms. The van der Waals surface area contributed by atoms with Crippen LogP contribution in [0.5, 0.6) is 17.4 Å². The molecule has 3 rings (SSSR count). The van der Waals surface area contributed by atoms with Gasteiger partial charge in [-0.05, 0) is 53.9 Å². The van der Waals surface area contributed by atoms with Gasteiger partial charge in [0.1, 0.15) is 11.5 Å². The van der Waals surface area contributed by atoms with Gasteiger partial charge < -0.3 is 14.8 Å². The van der Waals surface area contributed by atoms with Crippen molar-refractivity contribution >= 4 is 11.6 Å². The molecular formula is C22H22N2O3. The molecule has 1 heterocycles. The van der Waals surface area contributed by atoms with Gasteiger partial charge in [0.05, 0.1) is 0 Å². The van der Waals surface area contributed by atoms with Gasteiger partial charge in [-0.25, -0.2) is 4.98 Å². The van der Waals surface area contributed by atoms with Gasteiger partial charge in [-0.15, -0.1) is 0 Å². The van der Waals surface area contributed by atoms with Crippen LogP contribution in [0.25, 0.3) is 0 Å². The highest BCUT2D eigenvalue weighted by molar-refractivity contribution is 5.91. The van der Waals surface area contributed by atoms with E-state index in [1.165, 1.54) is 5.56 Å². The second kappa shape index (κ2) is 8.85. The van der Waals surface area contributed by atoms with Crippen LogP contribution in [0, 0.1) is 0 Å². The lowest BCUT2D eigenvalue weighted by atomic mass is 10.0. The van der Waals surface area contributed by atoms with E-state index >= 15 is 0 Å². The quantitative estimate of drug-likeness (QED) is 0.641. The van der Waals surface area contributed by atoms with E-state index in [0.717, 1.165) is 5.69 Å². The highest BCUT2D eigenvalue weighted by atomic mass is 16.5. The summed E-state index contributed by atoms with van der Waals surface area (Å²) < 4.78 is 11.2. The molecule has 0 radical (unpaired) electrons. The Labute approximate surface area is 159 Å². The van der Waals surface area contributed by atoms with Gasteiger partial charge >= 0.3 is 0 Å². The highest BCUT2D eigenvalue weighted by Crippen LogP contribution is 2.22. The van der Waals surface area contributed by atoms with Crippen molar-refractivity contribution in [1.82, 2.24) is 4.98 Å². The molecule has 3 aromatic rings. The number of carbonyl (C=O) groups excluding carboxylic acids is 1. The number of benzene rings is 2. The number of pyridine rings is 1. The molecule has 1 N–H and O–H groups in total. The lowest BCUT2D eigenvalue weighted by molar-refractivity contribution is -0.118. The molecule has 0 unspecified atom stereocenters. The summed E-state index contributed by atoms with van der Waals surface area (Å²) in [6, 6.07) is 20.3. The van der Waals surface area contributed by atoms with Gasteiger partial charge in [0.15, 0.2) is 6.61 Å². The van der Waals surface area contributed by atoms with E-state index < -0.39 is 0 Å². The maximum Gasteiger partial charge on any atom is 0.262 e. The largest absolute Gasteiger partial charge is 0.484 e. The third-order valence-electron chi connectivity index (χ3n) is 3.89. The number of aromatic nitrogens is 1. The minimum absolute atomic E-state index is 0.0631. The van der Waals surface area contributed by atoms with Crippen molar-refractivity contribution in [3.8, 4) is 17.4 Å². The van der Waals surface area contributed by atoms with Gasteiger partial charge in [0.25, 0.3) is 5.91 Å². The molecule has 0 saturated heterocycles. The van der Waals surface area contributed by atoms with E-state index in [1.807, 2.05) is 36.4 Å². The first-order valence-corrected chi connectivity index (χ1v) is 8.82. The Hall–Kier alpha value is -3.34. The van der Waals surface area contributed by atoms with E-state index in [-0.39, 0.29) is 12.5 Å². The minimum Gasteiger partial charge on any atom is -0.484 e. The zero-order valence-electron chi connectivity index (χ0n) is 15.4. The maximum atomic E-state index is 12.1. The number of amides is 1. The molecule has 1 amide bonds. The van der Waals surface area contributed by atoms with E-state index in [9.17, 15) is 4.79 Å². The minimum atomic E-state index is -0.204. The Balaban J connectivity index is 1.51. The molecule has 0 spiro atoms. The number of rotatable bonds is 7. The fourth-order valence-corrected chi connectivity index (χ4v) is 2.45. The Morgan fingerprint density at radius 3 is 2.48 bits per heavy atom. The van der Waals surface area contributed by atoms with Gasteiger partial charge in [0, 0.05) is 18.0 Å². The van der Waals surface area contributed by atoms with E-state index in [2.05, 4.69) is 24.1 Å². The summed E-state index contributed by atoms with van der Waals surface area (Å²) in [5.41, 5.74) is 1.95. The number of anilines is 1. The molecule has 5 nitrogen and oxygen atoms in total. The molecule has 0 saturated carbocycles. The molecule has 0 bridgehead atoms. The molecular weight excluding hydrogens is 340 g/mol. The van der Waals surface area contributed by atoms with Crippen molar-refractivity contribution in [3.63, 3.8) is 0 Å². The van der Waals surface area contributed by atoms with Crippen molar-refractivity contribution in [2.24, 2.45) is 0 Å². The molecule has 1 aromatic heterocycles. The van der Waals surface area contributed by atoms with Crippen molar-refractivity contribution in [2.75, 3.05) is 11.9 Å². The standard InChI is InChI=1S/C22H22N2O3/c1-16(2)17-6-5-7-18(14-17)24-21(25)15-26-19-9-11-20(12-10-19)27-22-8-3-4-13-23-22/h3-14,16H,15H2,1-2H3,(H,24,25). The molecule has 0 fully saturated rings. The van der Waals surface area contributed by atoms with Crippen LogP contribution in [0.2, 0.25) is 0 Å². The van der Waals surface area contributed by atoms with Crippen LogP contribution < -0.4 is 14.8 Å². The monoisotopic (exact) mass is 362 g/mol. The smallest absolute Gasteiger partial charge is 0.262 e. The lowest BCUT2D eigenvalue weighted by Gasteiger charge is -2.11. The average Bonchev–Trinajstić information content (AvgIpc) is 2.68. The number of hydrogen-bond acceptors (Lipinski definition) is 4. The first-order valence-electron chi connectivity index (χ1n) is 8.82. The topological polar surface area (TPSA) is 60.5 Å². The fraction of sp³-hybridized carbons (Fsp3) is 0.182. The van der Waals surface area contributed by atoms with Crippen LogP contribution >= 0.6 is 0 Å². The summed E-state index contributed by atoms with van der Waals surface area (Å²) in [5.74, 6) is 1.97. The normalized spacial score (nSPS) is 10.5. The molecule has 138 valence electrons. The van der Waals surface area contributed by atoms with Crippen LogP contribution in [0.4, 0.5) is 5.69 Å². The van der Waals surface area contributed by atoms with Crippen LogP contribution in [0.15, 0.2) is 72.9 Å². The molecule has 0 aliphatic heterocycles. The Morgan fingerprint density at radius 1 is 1.00 bits per heavy atom. The second-order valence-corrected chi connectivity index (χ2v) is 6.36. The van der Waals surface area contributed by atoms with Crippen molar-refractivity contribution < 1.29 is 14.3 Å². The number of nitrogens with one attached hydrogen (secondary N) is 1. The molecule has 2 aromatic carbocycles. The predicted molar refractivity (Wildman–Crippen MR) is 105 cm³/mol. The summed E-state index contributed by atoms with van der Waals surface area (Å²) >= 11 is 0. The van der Waals surface area contributed by atoms with Gasteiger partial charge in [0.2, 0.25) is 5.88 Å². The number of carbonyl (C=O) groups is 1. The number of ether oxygens (including phenoxy) is 2. The first-order chi connectivity index (χ1) is 13.1.